The van der Waals surface area contributed by atoms with Crippen LogP contribution in [0.4, 0.5) is 0 Å². The predicted molar refractivity (Wildman–Crippen MR) is 94.1 cm³/mol. The molecule has 5 nitrogen and oxygen atoms in total. The Morgan fingerprint density at radius 2 is 2.13 bits per heavy atom. The van der Waals surface area contributed by atoms with Crippen LogP contribution in [0.5, 0.6) is 5.75 Å². The maximum atomic E-state index is 5.92. The largest absolute Gasteiger partial charge is 0.493 e. The first-order valence-corrected chi connectivity index (χ1v) is 8.49. The third-order valence-corrected chi connectivity index (χ3v) is 3.64. The lowest BCUT2D eigenvalue weighted by Crippen LogP contribution is -2.38. The van der Waals surface area contributed by atoms with E-state index in [-0.39, 0.29) is 0 Å². The van der Waals surface area contributed by atoms with Crippen LogP contribution in [0.15, 0.2) is 23.2 Å². The molecule has 128 valence electrons. The molecule has 0 radical (unpaired) electrons. The minimum atomic E-state index is 0.593. The van der Waals surface area contributed by atoms with Gasteiger partial charge in [-0.05, 0) is 38.3 Å². The molecule has 1 aromatic carbocycles. The van der Waals surface area contributed by atoms with Crippen LogP contribution in [-0.2, 0) is 11.3 Å². The second-order valence-electron chi connectivity index (χ2n) is 5.92. The maximum Gasteiger partial charge on any atom is 0.191 e. The van der Waals surface area contributed by atoms with Crippen molar-refractivity contribution < 1.29 is 9.47 Å². The van der Waals surface area contributed by atoms with Gasteiger partial charge in [0, 0.05) is 38.3 Å². The molecule has 1 aromatic rings. The molecule has 2 N–H and O–H groups in total. The Bertz CT molecular complexity index is 513. The van der Waals surface area contributed by atoms with Crippen LogP contribution in [-0.4, -0.2) is 38.9 Å². The van der Waals surface area contributed by atoms with E-state index in [2.05, 4.69) is 47.7 Å². The maximum absolute atomic E-state index is 5.92. The minimum Gasteiger partial charge on any atom is -0.493 e. The molecule has 0 spiro atoms. The molecule has 23 heavy (non-hydrogen) atoms. The van der Waals surface area contributed by atoms with Gasteiger partial charge in [-0.1, -0.05) is 12.1 Å². The number of hydrogen-bond donors (Lipinski definition) is 2. The van der Waals surface area contributed by atoms with Crippen molar-refractivity contribution in [2.75, 3.05) is 26.9 Å². The zero-order valence-electron chi connectivity index (χ0n) is 14.5. The van der Waals surface area contributed by atoms with Gasteiger partial charge in [0.05, 0.1) is 13.2 Å². The monoisotopic (exact) mass is 319 g/mol. The van der Waals surface area contributed by atoms with E-state index < -0.39 is 0 Å². The van der Waals surface area contributed by atoms with Gasteiger partial charge in [-0.3, -0.25) is 0 Å². The molecule has 2 rings (SSSR count). The van der Waals surface area contributed by atoms with Crippen molar-refractivity contribution in [1.82, 2.24) is 10.6 Å². The Kier molecular flexibility index (Phi) is 7.20. The van der Waals surface area contributed by atoms with Gasteiger partial charge in [-0.25, -0.2) is 4.99 Å². The molecule has 0 heterocycles. The average molecular weight is 319 g/mol. The number of guanidine groups is 1. The number of aliphatic imine (C=N–C) groups is 1. The van der Waals surface area contributed by atoms with Gasteiger partial charge in [0.1, 0.15) is 5.75 Å². The van der Waals surface area contributed by atoms with Crippen molar-refractivity contribution in [3.8, 4) is 5.75 Å². The predicted octanol–water partition coefficient (Wildman–Crippen LogP) is 2.63. The summed E-state index contributed by atoms with van der Waals surface area (Å²) in [5.41, 5.74) is 2.31. The molecule has 0 unspecified atom stereocenters. The van der Waals surface area contributed by atoms with E-state index in [1.165, 1.54) is 18.4 Å². The van der Waals surface area contributed by atoms with E-state index in [1.54, 1.807) is 7.11 Å². The molecule has 0 saturated heterocycles. The van der Waals surface area contributed by atoms with Crippen molar-refractivity contribution in [3.05, 3.63) is 29.3 Å². The minimum absolute atomic E-state index is 0.593. The number of benzene rings is 1. The number of methoxy groups -OCH3 is 1. The van der Waals surface area contributed by atoms with Gasteiger partial charge >= 0.3 is 0 Å². The first-order chi connectivity index (χ1) is 11.2. The highest BCUT2D eigenvalue weighted by molar-refractivity contribution is 5.80. The van der Waals surface area contributed by atoms with Crippen molar-refractivity contribution in [3.63, 3.8) is 0 Å². The second kappa shape index (κ2) is 9.40. The third kappa shape index (κ3) is 6.48. The fraction of sp³-hybridized carbons (Fsp3) is 0.611. The quantitative estimate of drug-likeness (QED) is 0.417. The Morgan fingerprint density at radius 1 is 1.30 bits per heavy atom. The van der Waals surface area contributed by atoms with Crippen LogP contribution in [0, 0.1) is 6.92 Å². The number of nitrogens with zero attached hydrogens (tertiary/aromatic N) is 1. The Morgan fingerprint density at radius 3 is 2.83 bits per heavy atom. The summed E-state index contributed by atoms with van der Waals surface area (Å²) in [6.07, 6.45) is 3.37. The second-order valence-corrected chi connectivity index (χ2v) is 5.92. The van der Waals surface area contributed by atoms with E-state index in [9.17, 15) is 0 Å². The first kappa shape index (κ1) is 17.6. The zero-order chi connectivity index (χ0) is 16.5. The van der Waals surface area contributed by atoms with Crippen LogP contribution in [0.3, 0.4) is 0 Å². The SMILES string of the molecule is CCNC(=NCc1ccc(C)cc1OCCCOC)NC1CC1. The first-order valence-electron chi connectivity index (χ1n) is 8.49. The Labute approximate surface area is 139 Å². The number of nitrogens with one attached hydrogen (secondary N) is 2. The molecular weight excluding hydrogens is 290 g/mol. The van der Waals surface area contributed by atoms with Crippen LogP contribution in [0.25, 0.3) is 0 Å². The lowest BCUT2D eigenvalue weighted by atomic mass is 10.1. The number of hydrogen-bond acceptors (Lipinski definition) is 3. The molecule has 0 aliphatic heterocycles. The smallest absolute Gasteiger partial charge is 0.191 e. The zero-order valence-corrected chi connectivity index (χ0v) is 14.5. The van der Waals surface area contributed by atoms with E-state index in [1.807, 2.05) is 0 Å². The highest BCUT2D eigenvalue weighted by atomic mass is 16.5. The standard InChI is InChI=1S/C18H29N3O2/c1-4-19-18(21-16-8-9-16)20-13-15-7-6-14(2)12-17(15)23-11-5-10-22-3/h6-7,12,16H,4-5,8-11,13H2,1-3H3,(H2,19,20,21). The lowest BCUT2D eigenvalue weighted by molar-refractivity contribution is 0.172. The van der Waals surface area contributed by atoms with Crippen LogP contribution >= 0.6 is 0 Å². The van der Waals surface area contributed by atoms with Gasteiger partial charge in [0.15, 0.2) is 5.96 Å². The third-order valence-electron chi connectivity index (χ3n) is 3.64. The normalized spacial score (nSPS) is 14.7. The number of rotatable bonds is 9. The summed E-state index contributed by atoms with van der Waals surface area (Å²) in [5.74, 6) is 1.81. The molecule has 0 bridgehead atoms. The molecule has 5 heteroatoms. The van der Waals surface area contributed by atoms with Gasteiger partial charge in [-0.2, -0.15) is 0 Å². The molecular formula is C18H29N3O2. The van der Waals surface area contributed by atoms with E-state index in [0.29, 0.717) is 19.2 Å². The molecule has 0 atom stereocenters. The summed E-state index contributed by atoms with van der Waals surface area (Å²) in [6.45, 7) is 7.02. The van der Waals surface area contributed by atoms with E-state index >= 15 is 0 Å². The Hall–Kier alpha value is -1.75. The summed E-state index contributed by atoms with van der Waals surface area (Å²) in [7, 11) is 1.71. The summed E-state index contributed by atoms with van der Waals surface area (Å²) in [6, 6.07) is 6.88. The summed E-state index contributed by atoms with van der Waals surface area (Å²) >= 11 is 0. The lowest BCUT2D eigenvalue weighted by Gasteiger charge is -2.13. The topological polar surface area (TPSA) is 54.9 Å². The number of aryl methyl sites for hydroxylation is 1. The Balaban J connectivity index is 1.98. The highest BCUT2D eigenvalue weighted by Gasteiger charge is 2.22. The molecule has 1 fully saturated rings. The molecule has 0 aromatic heterocycles. The van der Waals surface area contributed by atoms with Gasteiger partial charge in [0.2, 0.25) is 0 Å². The summed E-state index contributed by atoms with van der Waals surface area (Å²) in [4.78, 5) is 4.69. The van der Waals surface area contributed by atoms with Crippen molar-refractivity contribution >= 4 is 5.96 Å². The molecule has 0 amide bonds. The fourth-order valence-electron chi connectivity index (χ4n) is 2.22. The average Bonchev–Trinajstić information content (AvgIpc) is 3.35. The molecule has 1 aliphatic carbocycles. The molecule has 1 saturated carbocycles. The van der Waals surface area contributed by atoms with E-state index in [4.69, 9.17) is 9.47 Å². The van der Waals surface area contributed by atoms with Crippen molar-refractivity contribution in [1.29, 1.82) is 0 Å². The highest BCUT2D eigenvalue weighted by Crippen LogP contribution is 2.22. The number of ether oxygens (including phenoxy) is 2. The van der Waals surface area contributed by atoms with Crippen LogP contribution < -0.4 is 15.4 Å². The van der Waals surface area contributed by atoms with Crippen molar-refractivity contribution in [2.24, 2.45) is 4.99 Å². The molecule has 1 aliphatic rings. The fourth-order valence-corrected chi connectivity index (χ4v) is 2.22. The van der Waals surface area contributed by atoms with Gasteiger partial charge < -0.3 is 20.1 Å². The van der Waals surface area contributed by atoms with E-state index in [0.717, 1.165) is 36.8 Å². The summed E-state index contributed by atoms with van der Waals surface area (Å²) in [5, 5.41) is 6.73. The van der Waals surface area contributed by atoms with Gasteiger partial charge in [-0.15, -0.1) is 0 Å². The van der Waals surface area contributed by atoms with Crippen LogP contribution in [0.2, 0.25) is 0 Å². The van der Waals surface area contributed by atoms with Crippen molar-refractivity contribution in [2.45, 2.75) is 45.7 Å². The van der Waals surface area contributed by atoms with Gasteiger partial charge in [0.25, 0.3) is 0 Å². The summed E-state index contributed by atoms with van der Waals surface area (Å²) < 4.78 is 11.0. The van der Waals surface area contributed by atoms with Crippen LogP contribution in [0.1, 0.15) is 37.3 Å².